The molecule has 10 heteroatoms. The minimum absolute atomic E-state index is 0.0317. The predicted octanol–water partition coefficient (Wildman–Crippen LogP) is 3.10. The van der Waals surface area contributed by atoms with Gasteiger partial charge in [-0.05, 0) is 51.1 Å². The van der Waals surface area contributed by atoms with E-state index in [1.165, 1.54) is 25.1 Å². The summed E-state index contributed by atoms with van der Waals surface area (Å²) < 4.78 is 30.9. The molecule has 0 atom stereocenters. The number of nitrogens with one attached hydrogen (secondary N) is 1. The average molecular weight is 421 g/mol. The predicted molar refractivity (Wildman–Crippen MR) is 111 cm³/mol. The Morgan fingerprint density at radius 1 is 1.21 bits per heavy atom. The number of nitro benzene ring substituents is 1. The first-order chi connectivity index (χ1) is 13.5. The van der Waals surface area contributed by atoms with Crippen LogP contribution in [0.5, 0.6) is 5.75 Å². The van der Waals surface area contributed by atoms with Gasteiger partial charge in [-0.15, -0.1) is 0 Å². The molecule has 0 aliphatic rings. The van der Waals surface area contributed by atoms with Gasteiger partial charge in [0.25, 0.3) is 5.69 Å². The standard InChI is InChI=1S/C19H23N3O6S/c1-13(2)28-16-10-8-15(9-11-16)21(29(4,26)27)12-19(23)20-17-6-5-7-18(14(17)3)22(24)25/h5-11,13H,12H2,1-4H3,(H,20,23). The lowest BCUT2D eigenvalue weighted by Crippen LogP contribution is -2.37. The molecule has 0 fully saturated rings. The van der Waals surface area contributed by atoms with Gasteiger partial charge in [0, 0.05) is 6.07 Å². The minimum Gasteiger partial charge on any atom is -0.491 e. The topological polar surface area (TPSA) is 119 Å². The summed E-state index contributed by atoms with van der Waals surface area (Å²) in [6.45, 7) is 4.77. The van der Waals surface area contributed by atoms with Crippen LogP contribution in [0.1, 0.15) is 19.4 Å². The molecule has 29 heavy (non-hydrogen) atoms. The SMILES string of the molecule is Cc1c(NC(=O)CN(c2ccc(OC(C)C)cc2)S(C)(=O)=O)cccc1[N+](=O)[O-]. The number of hydrogen-bond donors (Lipinski definition) is 1. The lowest BCUT2D eigenvalue weighted by Gasteiger charge is -2.22. The number of sulfonamides is 1. The van der Waals surface area contributed by atoms with Crippen molar-refractivity contribution in [3.8, 4) is 5.75 Å². The summed E-state index contributed by atoms with van der Waals surface area (Å²) >= 11 is 0. The van der Waals surface area contributed by atoms with Crippen LogP contribution in [0, 0.1) is 17.0 Å². The Morgan fingerprint density at radius 2 is 1.83 bits per heavy atom. The number of amides is 1. The van der Waals surface area contributed by atoms with Crippen molar-refractivity contribution in [2.75, 3.05) is 22.4 Å². The summed E-state index contributed by atoms with van der Waals surface area (Å²) in [5, 5.41) is 13.6. The maximum atomic E-state index is 12.5. The highest BCUT2D eigenvalue weighted by Gasteiger charge is 2.22. The second-order valence-corrected chi connectivity index (χ2v) is 8.59. The van der Waals surface area contributed by atoms with Gasteiger partial charge in [0.1, 0.15) is 12.3 Å². The number of carbonyl (C=O) groups is 1. The van der Waals surface area contributed by atoms with Crippen LogP contribution < -0.4 is 14.4 Å². The van der Waals surface area contributed by atoms with E-state index in [0.717, 1.165) is 10.6 Å². The van der Waals surface area contributed by atoms with E-state index < -0.39 is 27.4 Å². The maximum Gasteiger partial charge on any atom is 0.274 e. The Labute approximate surface area is 169 Å². The third kappa shape index (κ3) is 5.92. The minimum atomic E-state index is -3.75. The molecule has 0 aliphatic carbocycles. The van der Waals surface area contributed by atoms with E-state index in [1.807, 2.05) is 13.8 Å². The summed E-state index contributed by atoms with van der Waals surface area (Å²) in [6.07, 6.45) is 0.966. The molecule has 156 valence electrons. The molecule has 0 heterocycles. The zero-order valence-corrected chi connectivity index (χ0v) is 17.4. The highest BCUT2D eigenvalue weighted by atomic mass is 32.2. The van der Waals surface area contributed by atoms with Crippen molar-refractivity contribution in [3.63, 3.8) is 0 Å². The number of ether oxygens (including phenoxy) is 1. The van der Waals surface area contributed by atoms with Gasteiger partial charge in [-0.25, -0.2) is 8.42 Å². The van der Waals surface area contributed by atoms with Crippen molar-refractivity contribution in [2.45, 2.75) is 26.9 Å². The third-order valence-electron chi connectivity index (χ3n) is 3.96. The summed E-state index contributed by atoms with van der Waals surface area (Å²) in [5.74, 6) is -0.0459. The molecule has 0 spiro atoms. The fourth-order valence-corrected chi connectivity index (χ4v) is 3.50. The molecule has 0 radical (unpaired) electrons. The monoisotopic (exact) mass is 421 g/mol. The van der Waals surface area contributed by atoms with E-state index in [4.69, 9.17) is 4.74 Å². The molecule has 0 unspecified atom stereocenters. The van der Waals surface area contributed by atoms with Crippen LogP contribution in [-0.2, 0) is 14.8 Å². The fourth-order valence-electron chi connectivity index (χ4n) is 2.64. The number of anilines is 2. The maximum absolute atomic E-state index is 12.5. The molecule has 2 rings (SSSR count). The molecule has 0 aromatic heterocycles. The molecular weight excluding hydrogens is 398 g/mol. The van der Waals surface area contributed by atoms with Crippen LogP contribution in [0.2, 0.25) is 0 Å². The average Bonchev–Trinajstić information content (AvgIpc) is 2.60. The molecule has 2 aromatic carbocycles. The molecular formula is C19H23N3O6S. The van der Waals surface area contributed by atoms with Gasteiger partial charge in [0.05, 0.1) is 34.2 Å². The van der Waals surface area contributed by atoms with Crippen molar-refractivity contribution in [3.05, 3.63) is 58.1 Å². The van der Waals surface area contributed by atoms with E-state index in [-0.39, 0.29) is 23.0 Å². The van der Waals surface area contributed by atoms with Gasteiger partial charge in [0.2, 0.25) is 15.9 Å². The second-order valence-electron chi connectivity index (χ2n) is 6.69. The van der Waals surface area contributed by atoms with Crippen molar-refractivity contribution in [1.82, 2.24) is 0 Å². The number of hydrogen-bond acceptors (Lipinski definition) is 6. The zero-order chi connectivity index (χ0) is 21.8. The summed E-state index contributed by atoms with van der Waals surface area (Å²) in [4.78, 5) is 23.0. The summed E-state index contributed by atoms with van der Waals surface area (Å²) in [6, 6.07) is 10.6. The number of nitrogens with zero attached hydrogens (tertiary/aromatic N) is 2. The molecule has 1 N–H and O–H groups in total. The number of nitro groups is 1. The fraction of sp³-hybridized carbons (Fsp3) is 0.316. The van der Waals surface area contributed by atoms with Gasteiger partial charge in [-0.1, -0.05) is 6.07 Å². The molecule has 0 aliphatic heterocycles. The first-order valence-corrected chi connectivity index (χ1v) is 10.6. The van der Waals surface area contributed by atoms with Crippen LogP contribution in [0.25, 0.3) is 0 Å². The highest BCUT2D eigenvalue weighted by molar-refractivity contribution is 7.92. The van der Waals surface area contributed by atoms with Gasteiger partial charge >= 0.3 is 0 Å². The molecule has 0 bridgehead atoms. The van der Waals surface area contributed by atoms with Crippen LogP contribution in [0.15, 0.2) is 42.5 Å². The molecule has 1 amide bonds. The Morgan fingerprint density at radius 3 is 2.34 bits per heavy atom. The van der Waals surface area contributed by atoms with Crippen LogP contribution in [0.4, 0.5) is 17.1 Å². The van der Waals surface area contributed by atoms with E-state index in [9.17, 15) is 23.3 Å². The zero-order valence-electron chi connectivity index (χ0n) is 16.6. The van der Waals surface area contributed by atoms with E-state index in [1.54, 1.807) is 24.3 Å². The van der Waals surface area contributed by atoms with Gasteiger partial charge in [0.15, 0.2) is 0 Å². The molecule has 0 saturated heterocycles. The Bertz CT molecular complexity index is 1000. The van der Waals surface area contributed by atoms with Gasteiger partial charge in [-0.2, -0.15) is 0 Å². The number of carbonyl (C=O) groups excluding carboxylic acids is 1. The Hall–Kier alpha value is -3.14. The highest BCUT2D eigenvalue weighted by Crippen LogP contribution is 2.26. The summed E-state index contributed by atoms with van der Waals surface area (Å²) in [7, 11) is -3.75. The lowest BCUT2D eigenvalue weighted by molar-refractivity contribution is -0.385. The van der Waals surface area contributed by atoms with Crippen LogP contribution in [0.3, 0.4) is 0 Å². The van der Waals surface area contributed by atoms with E-state index in [2.05, 4.69) is 5.32 Å². The Balaban J connectivity index is 2.22. The lowest BCUT2D eigenvalue weighted by atomic mass is 10.1. The Kier molecular flexibility index (Phi) is 6.80. The third-order valence-corrected chi connectivity index (χ3v) is 5.10. The van der Waals surface area contributed by atoms with Crippen LogP contribution in [-0.4, -0.2) is 38.2 Å². The quantitative estimate of drug-likeness (QED) is 0.517. The van der Waals surface area contributed by atoms with Crippen molar-refractivity contribution >= 4 is 33.0 Å². The molecule has 2 aromatic rings. The van der Waals surface area contributed by atoms with Gasteiger partial charge in [-0.3, -0.25) is 19.2 Å². The van der Waals surface area contributed by atoms with Crippen LogP contribution >= 0.6 is 0 Å². The number of benzene rings is 2. The van der Waals surface area contributed by atoms with Gasteiger partial charge < -0.3 is 10.1 Å². The first-order valence-electron chi connectivity index (χ1n) is 8.77. The van der Waals surface area contributed by atoms with Crippen molar-refractivity contribution in [2.24, 2.45) is 0 Å². The largest absolute Gasteiger partial charge is 0.491 e. The molecule has 0 saturated carbocycles. The smallest absolute Gasteiger partial charge is 0.274 e. The normalized spacial score (nSPS) is 11.2. The van der Waals surface area contributed by atoms with Crippen molar-refractivity contribution in [1.29, 1.82) is 0 Å². The van der Waals surface area contributed by atoms with Crippen molar-refractivity contribution < 1.29 is 22.9 Å². The second kappa shape index (κ2) is 8.91. The first kappa shape index (κ1) is 22.2. The van der Waals surface area contributed by atoms with E-state index >= 15 is 0 Å². The van der Waals surface area contributed by atoms with E-state index in [0.29, 0.717) is 11.4 Å². The summed E-state index contributed by atoms with van der Waals surface area (Å²) in [5.41, 5.74) is 0.698. The molecule has 9 nitrogen and oxygen atoms in total. The number of rotatable bonds is 8.